The molecule has 0 bridgehead atoms. The second kappa shape index (κ2) is 9.98. The average Bonchev–Trinajstić information content (AvgIpc) is 2.68. The topological polar surface area (TPSA) is 85.4 Å². The Morgan fingerprint density at radius 2 is 1.69 bits per heavy atom. The van der Waals surface area contributed by atoms with Crippen molar-refractivity contribution in [1.82, 2.24) is 9.21 Å². The molecule has 0 radical (unpaired) electrons. The van der Waals surface area contributed by atoms with Gasteiger partial charge in [0.1, 0.15) is 0 Å². The van der Waals surface area contributed by atoms with Crippen LogP contribution in [0.4, 0.5) is 0 Å². The summed E-state index contributed by atoms with van der Waals surface area (Å²) in [5.74, 6) is -0.355. The van der Waals surface area contributed by atoms with Crippen LogP contribution in [0.1, 0.15) is 10.4 Å². The van der Waals surface area contributed by atoms with Crippen LogP contribution in [0.2, 0.25) is 0 Å². The number of amides is 1. The van der Waals surface area contributed by atoms with Crippen LogP contribution < -0.4 is 0 Å². The molecule has 0 N–H and O–H groups in total. The van der Waals surface area contributed by atoms with E-state index in [2.05, 4.69) is 0 Å². The molecule has 1 heterocycles. The molecule has 1 fully saturated rings. The minimum Gasteiger partial charge on any atom is -0.383 e. The van der Waals surface area contributed by atoms with Gasteiger partial charge in [-0.15, -0.1) is 0 Å². The molecular weight excluding hydrogens is 360 g/mol. The Labute approximate surface area is 154 Å². The summed E-state index contributed by atoms with van der Waals surface area (Å²) in [6.07, 6.45) is 0. The Hall–Kier alpha value is -1.52. The summed E-state index contributed by atoms with van der Waals surface area (Å²) in [6.45, 7) is 2.67. The van der Waals surface area contributed by atoms with E-state index in [-0.39, 0.29) is 29.5 Å². The van der Waals surface area contributed by atoms with Crippen LogP contribution in [0.15, 0.2) is 29.2 Å². The van der Waals surface area contributed by atoms with Crippen LogP contribution in [-0.4, -0.2) is 90.4 Å². The average molecular weight is 386 g/mol. The monoisotopic (exact) mass is 386 g/mol. The third kappa shape index (κ3) is 5.01. The van der Waals surface area contributed by atoms with E-state index in [1.165, 1.54) is 10.4 Å². The molecule has 0 unspecified atom stereocenters. The summed E-state index contributed by atoms with van der Waals surface area (Å²) in [4.78, 5) is 14.6. The van der Waals surface area contributed by atoms with Gasteiger partial charge in [-0.3, -0.25) is 4.79 Å². The Morgan fingerprint density at radius 3 is 2.27 bits per heavy atom. The fourth-order valence-corrected chi connectivity index (χ4v) is 4.27. The molecule has 146 valence electrons. The standard InChI is InChI=1S/C17H26N2O6S/c1-23-11-7-18(8-12-24-2)17(20)15-5-3-4-6-16(15)26(21,22)19-9-13-25-14-10-19/h3-6H,7-14H2,1-2H3. The zero-order valence-electron chi connectivity index (χ0n) is 15.2. The first-order chi connectivity index (χ1) is 12.5. The van der Waals surface area contributed by atoms with Gasteiger partial charge in [0.2, 0.25) is 10.0 Å². The number of nitrogens with zero attached hydrogens (tertiary/aromatic N) is 2. The van der Waals surface area contributed by atoms with E-state index < -0.39 is 10.0 Å². The van der Waals surface area contributed by atoms with Gasteiger partial charge in [0, 0.05) is 40.4 Å². The highest BCUT2D eigenvalue weighted by atomic mass is 32.2. The highest BCUT2D eigenvalue weighted by molar-refractivity contribution is 7.89. The fraction of sp³-hybridized carbons (Fsp3) is 0.588. The lowest BCUT2D eigenvalue weighted by atomic mass is 10.2. The van der Waals surface area contributed by atoms with Crippen LogP contribution in [0.3, 0.4) is 0 Å². The molecule has 0 saturated carbocycles. The third-order valence-electron chi connectivity index (χ3n) is 4.12. The Kier molecular flexibility index (Phi) is 7.98. The Bertz CT molecular complexity index is 680. The van der Waals surface area contributed by atoms with Crippen LogP contribution in [-0.2, 0) is 24.2 Å². The van der Waals surface area contributed by atoms with Crippen molar-refractivity contribution in [1.29, 1.82) is 0 Å². The van der Waals surface area contributed by atoms with Gasteiger partial charge in [0.25, 0.3) is 5.91 Å². The van der Waals surface area contributed by atoms with Gasteiger partial charge >= 0.3 is 0 Å². The molecule has 0 spiro atoms. The molecule has 1 saturated heterocycles. The van der Waals surface area contributed by atoms with E-state index in [4.69, 9.17) is 14.2 Å². The molecule has 1 aromatic rings. The lowest BCUT2D eigenvalue weighted by molar-refractivity contribution is 0.0622. The maximum atomic E-state index is 13.0. The predicted molar refractivity (Wildman–Crippen MR) is 95.7 cm³/mol. The first-order valence-corrected chi connectivity index (χ1v) is 9.90. The van der Waals surface area contributed by atoms with E-state index in [9.17, 15) is 13.2 Å². The maximum Gasteiger partial charge on any atom is 0.255 e. The molecule has 1 aliphatic rings. The highest BCUT2D eigenvalue weighted by Crippen LogP contribution is 2.22. The zero-order valence-corrected chi connectivity index (χ0v) is 16.0. The van der Waals surface area contributed by atoms with Crippen LogP contribution in [0.5, 0.6) is 0 Å². The summed E-state index contributed by atoms with van der Waals surface area (Å²) in [6, 6.07) is 6.31. The van der Waals surface area contributed by atoms with Gasteiger partial charge in [0.05, 0.1) is 36.9 Å². The third-order valence-corrected chi connectivity index (χ3v) is 6.08. The fourth-order valence-electron chi connectivity index (χ4n) is 2.68. The molecule has 1 amide bonds. The molecule has 0 aliphatic carbocycles. The van der Waals surface area contributed by atoms with Crippen molar-refractivity contribution >= 4 is 15.9 Å². The number of hydrogen-bond donors (Lipinski definition) is 0. The number of morpholine rings is 1. The summed E-state index contributed by atoms with van der Waals surface area (Å²) in [7, 11) is -0.666. The summed E-state index contributed by atoms with van der Waals surface area (Å²) < 4.78 is 42.7. The number of sulfonamides is 1. The van der Waals surface area contributed by atoms with Crippen molar-refractivity contribution in [3.63, 3.8) is 0 Å². The van der Waals surface area contributed by atoms with E-state index in [0.29, 0.717) is 39.5 Å². The lowest BCUT2D eigenvalue weighted by Gasteiger charge is -2.28. The minimum absolute atomic E-state index is 0.0201. The number of benzene rings is 1. The van der Waals surface area contributed by atoms with Crippen molar-refractivity contribution in [3.8, 4) is 0 Å². The van der Waals surface area contributed by atoms with Gasteiger partial charge in [-0.1, -0.05) is 12.1 Å². The minimum atomic E-state index is -3.77. The zero-order chi connectivity index (χ0) is 19.0. The summed E-state index contributed by atoms with van der Waals surface area (Å²) >= 11 is 0. The lowest BCUT2D eigenvalue weighted by Crippen LogP contribution is -2.42. The van der Waals surface area contributed by atoms with Gasteiger partial charge in [-0.2, -0.15) is 4.31 Å². The number of carbonyl (C=O) groups excluding carboxylic acids is 1. The highest BCUT2D eigenvalue weighted by Gasteiger charge is 2.31. The maximum absolute atomic E-state index is 13.0. The first kappa shape index (κ1) is 20.8. The van der Waals surface area contributed by atoms with E-state index in [0.717, 1.165) is 0 Å². The second-order valence-electron chi connectivity index (χ2n) is 5.79. The SMILES string of the molecule is COCCN(CCOC)C(=O)c1ccccc1S(=O)(=O)N1CCOCC1. The molecule has 1 aliphatic heterocycles. The Balaban J connectivity index is 2.32. The number of hydrogen-bond acceptors (Lipinski definition) is 6. The van der Waals surface area contributed by atoms with Crippen molar-refractivity contribution in [2.24, 2.45) is 0 Å². The van der Waals surface area contributed by atoms with Crippen molar-refractivity contribution in [3.05, 3.63) is 29.8 Å². The largest absolute Gasteiger partial charge is 0.383 e. The van der Waals surface area contributed by atoms with Crippen molar-refractivity contribution in [2.75, 3.05) is 66.8 Å². The number of rotatable bonds is 9. The number of methoxy groups -OCH3 is 2. The molecule has 0 aromatic heterocycles. The number of ether oxygens (including phenoxy) is 3. The van der Waals surface area contributed by atoms with E-state index in [1.807, 2.05) is 0 Å². The Morgan fingerprint density at radius 1 is 1.12 bits per heavy atom. The van der Waals surface area contributed by atoms with Crippen molar-refractivity contribution in [2.45, 2.75) is 4.90 Å². The smallest absolute Gasteiger partial charge is 0.255 e. The van der Waals surface area contributed by atoms with Gasteiger partial charge in [-0.25, -0.2) is 8.42 Å². The number of carbonyl (C=O) groups is 1. The molecule has 1 aromatic carbocycles. The molecular formula is C17H26N2O6S. The van der Waals surface area contributed by atoms with Crippen LogP contribution in [0, 0.1) is 0 Å². The molecule has 9 heteroatoms. The quantitative estimate of drug-likeness (QED) is 0.612. The predicted octanol–water partition coefficient (Wildman–Crippen LogP) is 0.443. The van der Waals surface area contributed by atoms with E-state index in [1.54, 1.807) is 37.3 Å². The van der Waals surface area contributed by atoms with Gasteiger partial charge in [0.15, 0.2) is 0 Å². The molecule has 8 nitrogen and oxygen atoms in total. The summed E-state index contributed by atoms with van der Waals surface area (Å²) in [5.41, 5.74) is 0.159. The molecule has 0 atom stereocenters. The van der Waals surface area contributed by atoms with Gasteiger partial charge in [-0.05, 0) is 12.1 Å². The van der Waals surface area contributed by atoms with Gasteiger partial charge < -0.3 is 19.1 Å². The second-order valence-corrected chi connectivity index (χ2v) is 7.70. The van der Waals surface area contributed by atoms with Crippen LogP contribution in [0.25, 0.3) is 0 Å². The first-order valence-electron chi connectivity index (χ1n) is 8.46. The summed E-state index contributed by atoms with van der Waals surface area (Å²) in [5, 5.41) is 0. The molecule has 2 rings (SSSR count). The van der Waals surface area contributed by atoms with Crippen LogP contribution >= 0.6 is 0 Å². The van der Waals surface area contributed by atoms with Crippen molar-refractivity contribution < 1.29 is 27.4 Å². The normalized spacial score (nSPS) is 15.8. The van der Waals surface area contributed by atoms with E-state index >= 15 is 0 Å². The molecule has 26 heavy (non-hydrogen) atoms.